The van der Waals surface area contributed by atoms with Crippen molar-refractivity contribution in [3.8, 4) is 5.75 Å². The Labute approximate surface area is 151 Å². The van der Waals surface area contributed by atoms with Crippen molar-refractivity contribution in [3.05, 3.63) is 70.6 Å². The minimum absolute atomic E-state index is 0.227. The van der Waals surface area contributed by atoms with Gasteiger partial charge in [0.15, 0.2) is 0 Å². The zero-order chi connectivity index (χ0) is 17.8. The van der Waals surface area contributed by atoms with Gasteiger partial charge in [-0.3, -0.25) is 14.5 Å². The highest BCUT2D eigenvalue weighted by Crippen LogP contribution is 2.40. The van der Waals surface area contributed by atoms with Crippen LogP contribution in [0.15, 0.2) is 59.5 Å². The van der Waals surface area contributed by atoms with Gasteiger partial charge in [-0.15, -0.1) is 11.8 Å². The highest BCUT2D eigenvalue weighted by Gasteiger charge is 2.39. The minimum Gasteiger partial charge on any atom is -0.496 e. The van der Waals surface area contributed by atoms with Crippen molar-refractivity contribution in [2.75, 3.05) is 13.7 Å². The van der Waals surface area contributed by atoms with Gasteiger partial charge in [0.1, 0.15) is 5.75 Å². The summed E-state index contributed by atoms with van der Waals surface area (Å²) >= 11 is 1.40. The Morgan fingerprint density at radius 1 is 0.960 bits per heavy atom. The van der Waals surface area contributed by atoms with Gasteiger partial charge >= 0.3 is 0 Å². The summed E-state index contributed by atoms with van der Waals surface area (Å²) in [5, 5.41) is 0. The normalized spacial score (nSPS) is 14.4. The van der Waals surface area contributed by atoms with Crippen molar-refractivity contribution >= 4 is 29.1 Å². The van der Waals surface area contributed by atoms with Crippen LogP contribution < -0.4 is 4.74 Å². The van der Waals surface area contributed by atoms with Crippen LogP contribution in [0.4, 0.5) is 0 Å². The van der Waals surface area contributed by atoms with Crippen molar-refractivity contribution < 1.29 is 14.3 Å². The Bertz CT molecular complexity index is 830. The van der Waals surface area contributed by atoms with E-state index in [9.17, 15) is 9.59 Å². The van der Waals surface area contributed by atoms with Crippen molar-refractivity contribution in [1.82, 2.24) is 4.90 Å². The molecule has 3 rings (SSSR count). The Kier molecular flexibility index (Phi) is 5.24. The molecule has 25 heavy (non-hydrogen) atoms. The topological polar surface area (TPSA) is 46.6 Å². The monoisotopic (exact) mass is 353 g/mol. The Balaban J connectivity index is 2.02. The molecule has 0 radical (unpaired) electrons. The molecule has 2 amide bonds. The van der Waals surface area contributed by atoms with E-state index in [4.69, 9.17) is 4.74 Å². The lowest BCUT2D eigenvalue weighted by Gasteiger charge is -2.12. The molecule has 4 nitrogen and oxygen atoms in total. The molecular weight excluding hydrogens is 334 g/mol. The van der Waals surface area contributed by atoms with Gasteiger partial charge < -0.3 is 4.74 Å². The van der Waals surface area contributed by atoms with E-state index in [0.29, 0.717) is 34.1 Å². The van der Waals surface area contributed by atoms with Crippen molar-refractivity contribution in [1.29, 1.82) is 0 Å². The van der Waals surface area contributed by atoms with Gasteiger partial charge in [-0.25, -0.2) is 0 Å². The van der Waals surface area contributed by atoms with E-state index in [2.05, 4.69) is 0 Å². The number of hydrogen-bond donors (Lipinski definition) is 0. The number of para-hydroxylation sites is 1. The standard InChI is InChI=1S/C20H19NO3S/c1-3-21-19(22)17(15-11-7-8-12-16(15)24-2)18(20(21)23)25-13-14-9-5-4-6-10-14/h4-12H,3,13H2,1-2H3. The fourth-order valence-electron chi connectivity index (χ4n) is 2.79. The first-order valence-electron chi connectivity index (χ1n) is 8.08. The SMILES string of the molecule is CCN1C(=O)C(SCc2ccccc2)=C(c2ccccc2OC)C1=O. The highest BCUT2D eigenvalue weighted by atomic mass is 32.2. The van der Waals surface area contributed by atoms with Gasteiger partial charge in [0.25, 0.3) is 11.8 Å². The molecule has 128 valence electrons. The number of nitrogens with zero attached hydrogens (tertiary/aromatic N) is 1. The molecule has 0 aromatic heterocycles. The zero-order valence-electron chi connectivity index (χ0n) is 14.2. The lowest BCUT2D eigenvalue weighted by atomic mass is 10.1. The molecule has 1 aliphatic heterocycles. The molecule has 2 aromatic carbocycles. The first-order valence-corrected chi connectivity index (χ1v) is 9.06. The predicted molar refractivity (Wildman–Crippen MR) is 100 cm³/mol. The molecule has 0 N–H and O–H groups in total. The molecule has 1 heterocycles. The molecule has 0 saturated heterocycles. The summed E-state index contributed by atoms with van der Waals surface area (Å²) in [7, 11) is 1.56. The summed E-state index contributed by atoms with van der Waals surface area (Å²) in [4.78, 5) is 27.3. The average Bonchev–Trinajstić information content (AvgIpc) is 2.90. The highest BCUT2D eigenvalue weighted by molar-refractivity contribution is 8.03. The largest absolute Gasteiger partial charge is 0.496 e. The van der Waals surface area contributed by atoms with E-state index in [1.54, 1.807) is 20.1 Å². The van der Waals surface area contributed by atoms with Crippen LogP contribution in [0.25, 0.3) is 5.57 Å². The van der Waals surface area contributed by atoms with Gasteiger partial charge in [-0.05, 0) is 18.6 Å². The lowest BCUT2D eigenvalue weighted by molar-refractivity contribution is -0.136. The molecule has 0 unspecified atom stereocenters. The number of hydrogen-bond acceptors (Lipinski definition) is 4. The van der Waals surface area contributed by atoms with Gasteiger partial charge in [-0.2, -0.15) is 0 Å². The second-order valence-electron chi connectivity index (χ2n) is 5.53. The smallest absolute Gasteiger partial charge is 0.267 e. The summed E-state index contributed by atoms with van der Waals surface area (Å²) in [6, 6.07) is 17.2. The fourth-order valence-corrected chi connectivity index (χ4v) is 3.87. The number of likely N-dealkylation sites (N-methyl/N-ethyl adjacent to an activating group) is 1. The van der Waals surface area contributed by atoms with Crippen LogP contribution in [-0.2, 0) is 15.3 Å². The minimum atomic E-state index is -0.257. The maximum Gasteiger partial charge on any atom is 0.267 e. The van der Waals surface area contributed by atoms with E-state index < -0.39 is 0 Å². The summed E-state index contributed by atoms with van der Waals surface area (Å²) in [5.74, 6) is 0.738. The van der Waals surface area contributed by atoms with Crippen LogP contribution in [-0.4, -0.2) is 30.4 Å². The third kappa shape index (κ3) is 3.33. The summed E-state index contributed by atoms with van der Waals surface area (Å²) in [6.45, 7) is 2.16. The molecule has 5 heteroatoms. The first-order chi connectivity index (χ1) is 12.2. The van der Waals surface area contributed by atoms with E-state index >= 15 is 0 Å². The molecule has 0 aliphatic carbocycles. The number of amides is 2. The number of thioether (sulfide) groups is 1. The first kappa shape index (κ1) is 17.3. The van der Waals surface area contributed by atoms with E-state index in [0.717, 1.165) is 5.56 Å². The Morgan fingerprint density at radius 3 is 2.32 bits per heavy atom. The molecule has 0 bridgehead atoms. The summed E-state index contributed by atoms with van der Waals surface area (Å²) < 4.78 is 5.40. The third-order valence-corrected chi connectivity index (χ3v) is 5.19. The van der Waals surface area contributed by atoms with Gasteiger partial charge in [0, 0.05) is 17.9 Å². The van der Waals surface area contributed by atoms with E-state index in [1.165, 1.54) is 16.7 Å². The fraction of sp³-hybridized carbons (Fsp3) is 0.200. The van der Waals surface area contributed by atoms with E-state index in [-0.39, 0.29) is 11.8 Å². The second-order valence-corrected chi connectivity index (χ2v) is 6.52. The molecule has 0 spiro atoms. The number of carbonyl (C=O) groups excluding carboxylic acids is 2. The molecular formula is C20H19NO3S. The van der Waals surface area contributed by atoms with Crippen LogP contribution >= 0.6 is 11.8 Å². The molecule has 1 aliphatic rings. The molecule has 0 fully saturated rings. The van der Waals surface area contributed by atoms with Gasteiger partial charge in [-0.1, -0.05) is 48.5 Å². The predicted octanol–water partition coefficient (Wildman–Crippen LogP) is 3.73. The van der Waals surface area contributed by atoms with Gasteiger partial charge in [0.05, 0.1) is 17.6 Å². The number of benzene rings is 2. The van der Waals surface area contributed by atoms with Crippen molar-refractivity contribution in [3.63, 3.8) is 0 Å². The van der Waals surface area contributed by atoms with Crippen LogP contribution in [0.3, 0.4) is 0 Å². The van der Waals surface area contributed by atoms with Crippen LogP contribution in [0, 0.1) is 0 Å². The van der Waals surface area contributed by atoms with Gasteiger partial charge in [0.2, 0.25) is 0 Å². The number of imide groups is 1. The summed E-state index contributed by atoms with van der Waals surface area (Å²) in [6.07, 6.45) is 0. The number of methoxy groups -OCH3 is 1. The molecule has 0 saturated carbocycles. The number of carbonyl (C=O) groups is 2. The van der Waals surface area contributed by atoms with Crippen LogP contribution in [0.5, 0.6) is 5.75 Å². The van der Waals surface area contributed by atoms with Crippen molar-refractivity contribution in [2.24, 2.45) is 0 Å². The Morgan fingerprint density at radius 2 is 1.64 bits per heavy atom. The average molecular weight is 353 g/mol. The van der Waals surface area contributed by atoms with E-state index in [1.807, 2.05) is 48.5 Å². The number of ether oxygens (including phenoxy) is 1. The second kappa shape index (κ2) is 7.57. The van der Waals surface area contributed by atoms with Crippen molar-refractivity contribution in [2.45, 2.75) is 12.7 Å². The summed E-state index contributed by atoms with van der Waals surface area (Å²) in [5.41, 5.74) is 2.20. The zero-order valence-corrected chi connectivity index (χ0v) is 15.0. The lowest BCUT2D eigenvalue weighted by Crippen LogP contribution is -2.31. The maximum atomic E-state index is 12.8. The molecule has 2 aromatic rings. The quantitative estimate of drug-likeness (QED) is 0.743. The Hall–Kier alpha value is -2.53. The maximum absolute atomic E-state index is 12.8. The third-order valence-electron chi connectivity index (χ3n) is 4.04. The molecule has 0 atom stereocenters. The van der Waals surface area contributed by atoms with Crippen LogP contribution in [0.1, 0.15) is 18.1 Å². The number of rotatable bonds is 6. The van der Waals surface area contributed by atoms with Crippen LogP contribution in [0.2, 0.25) is 0 Å².